The van der Waals surface area contributed by atoms with Crippen LogP contribution in [0.25, 0.3) is 0 Å². The highest BCUT2D eigenvalue weighted by Crippen LogP contribution is 2.16. The summed E-state index contributed by atoms with van der Waals surface area (Å²) in [6.45, 7) is 8.05. The van der Waals surface area contributed by atoms with E-state index in [0.29, 0.717) is 18.9 Å². The molecule has 0 saturated heterocycles. The van der Waals surface area contributed by atoms with Crippen LogP contribution >= 0.6 is 11.8 Å². The molecule has 1 heterocycles. The standard InChI is InChI=1S/C14H26N4OS/c1-5-7-13(19)15-9-6-8-12-16-17-14(20-4)18(12)10-11(2)3/h11H,5-10H2,1-4H3,(H,15,19). The van der Waals surface area contributed by atoms with Crippen LogP contribution in [0.2, 0.25) is 0 Å². The van der Waals surface area contributed by atoms with E-state index in [1.165, 1.54) is 0 Å². The van der Waals surface area contributed by atoms with Gasteiger partial charge in [-0.15, -0.1) is 10.2 Å². The number of carbonyl (C=O) groups excluding carboxylic acids is 1. The van der Waals surface area contributed by atoms with Gasteiger partial charge in [-0.1, -0.05) is 32.5 Å². The first kappa shape index (κ1) is 17.0. The molecule has 0 aromatic carbocycles. The number of amides is 1. The highest BCUT2D eigenvalue weighted by atomic mass is 32.2. The molecule has 1 N–H and O–H groups in total. The van der Waals surface area contributed by atoms with Gasteiger partial charge < -0.3 is 9.88 Å². The molecule has 0 aliphatic heterocycles. The van der Waals surface area contributed by atoms with E-state index in [2.05, 4.69) is 33.9 Å². The van der Waals surface area contributed by atoms with Crippen LogP contribution in [0.1, 0.15) is 45.9 Å². The fourth-order valence-electron chi connectivity index (χ4n) is 1.99. The molecule has 0 saturated carbocycles. The summed E-state index contributed by atoms with van der Waals surface area (Å²) in [7, 11) is 0. The Morgan fingerprint density at radius 3 is 2.75 bits per heavy atom. The van der Waals surface area contributed by atoms with Crippen molar-refractivity contribution in [1.29, 1.82) is 0 Å². The molecule has 0 fully saturated rings. The maximum absolute atomic E-state index is 11.4. The van der Waals surface area contributed by atoms with E-state index in [1.807, 2.05) is 13.2 Å². The summed E-state index contributed by atoms with van der Waals surface area (Å²) < 4.78 is 2.20. The van der Waals surface area contributed by atoms with Crippen LogP contribution in [-0.2, 0) is 17.8 Å². The van der Waals surface area contributed by atoms with Gasteiger partial charge in [0.2, 0.25) is 5.91 Å². The van der Waals surface area contributed by atoms with Gasteiger partial charge >= 0.3 is 0 Å². The fraction of sp³-hybridized carbons (Fsp3) is 0.786. The lowest BCUT2D eigenvalue weighted by atomic mass is 10.2. The third-order valence-electron chi connectivity index (χ3n) is 2.90. The molecule has 1 amide bonds. The second-order valence-electron chi connectivity index (χ2n) is 5.31. The molecule has 1 aromatic heterocycles. The molecule has 1 aromatic rings. The van der Waals surface area contributed by atoms with Crippen molar-refractivity contribution in [3.05, 3.63) is 5.82 Å². The molecule has 0 atom stereocenters. The van der Waals surface area contributed by atoms with Gasteiger partial charge in [0.25, 0.3) is 0 Å². The molecule has 0 radical (unpaired) electrons. The highest BCUT2D eigenvalue weighted by molar-refractivity contribution is 7.98. The van der Waals surface area contributed by atoms with E-state index in [4.69, 9.17) is 0 Å². The normalized spacial score (nSPS) is 11.1. The second-order valence-corrected chi connectivity index (χ2v) is 6.08. The predicted molar refractivity (Wildman–Crippen MR) is 82.9 cm³/mol. The van der Waals surface area contributed by atoms with Crippen molar-refractivity contribution in [3.8, 4) is 0 Å². The largest absolute Gasteiger partial charge is 0.356 e. The maximum Gasteiger partial charge on any atom is 0.219 e. The van der Waals surface area contributed by atoms with Crippen molar-refractivity contribution in [2.24, 2.45) is 5.92 Å². The number of aromatic nitrogens is 3. The van der Waals surface area contributed by atoms with Crippen LogP contribution in [0.4, 0.5) is 0 Å². The molecule has 0 unspecified atom stereocenters. The van der Waals surface area contributed by atoms with Crippen molar-refractivity contribution in [2.75, 3.05) is 12.8 Å². The second kappa shape index (κ2) is 9.00. The monoisotopic (exact) mass is 298 g/mol. The Morgan fingerprint density at radius 1 is 1.40 bits per heavy atom. The summed E-state index contributed by atoms with van der Waals surface area (Å²) in [4.78, 5) is 11.4. The minimum absolute atomic E-state index is 0.140. The third kappa shape index (κ3) is 5.53. The third-order valence-corrected chi connectivity index (χ3v) is 3.57. The van der Waals surface area contributed by atoms with E-state index in [-0.39, 0.29) is 5.91 Å². The van der Waals surface area contributed by atoms with Crippen molar-refractivity contribution in [1.82, 2.24) is 20.1 Å². The molecule has 0 aliphatic rings. The summed E-state index contributed by atoms with van der Waals surface area (Å²) in [6, 6.07) is 0. The predicted octanol–water partition coefficient (Wildman–Crippen LogP) is 2.50. The average Bonchev–Trinajstić information content (AvgIpc) is 2.76. The molecule has 114 valence electrons. The summed E-state index contributed by atoms with van der Waals surface area (Å²) in [5.41, 5.74) is 0. The average molecular weight is 298 g/mol. The van der Waals surface area contributed by atoms with Crippen LogP contribution in [0.5, 0.6) is 0 Å². The molecular formula is C14H26N4OS. The lowest BCUT2D eigenvalue weighted by Crippen LogP contribution is -2.24. The van der Waals surface area contributed by atoms with Gasteiger partial charge in [-0.25, -0.2) is 0 Å². The molecule has 0 bridgehead atoms. The Labute approximate surface area is 125 Å². The maximum atomic E-state index is 11.4. The zero-order chi connectivity index (χ0) is 15.0. The van der Waals surface area contributed by atoms with E-state index in [0.717, 1.165) is 36.8 Å². The lowest BCUT2D eigenvalue weighted by molar-refractivity contribution is -0.121. The van der Waals surface area contributed by atoms with Gasteiger partial charge in [0.05, 0.1) is 0 Å². The first-order valence-corrected chi connectivity index (χ1v) is 8.53. The van der Waals surface area contributed by atoms with Crippen molar-refractivity contribution < 1.29 is 4.79 Å². The quantitative estimate of drug-likeness (QED) is 0.562. The zero-order valence-electron chi connectivity index (χ0n) is 13.0. The SMILES string of the molecule is CCCC(=O)NCCCc1nnc(SC)n1CC(C)C. The van der Waals surface area contributed by atoms with Crippen LogP contribution in [-0.4, -0.2) is 33.5 Å². The summed E-state index contributed by atoms with van der Waals surface area (Å²) in [6.07, 6.45) is 5.29. The molecule has 5 nitrogen and oxygen atoms in total. The molecule has 0 aliphatic carbocycles. The molecule has 20 heavy (non-hydrogen) atoms. The molecular weight excluding hydrogens is 272 g/mol. The van der Waals surface area contributed by atoms with Crippen molar-refractivity contribution >= 4 is 17.7 Å². The molecule has 1 rings (SSSR count). The fourth-order valence-corrected chi connectivity index (χ4v) is 2.52. The minimum Gasteiger partial charge on any atom is -0.356 e. The van der Waals surface area contributed by atoms with Crippen molar-refractivity contribution in [2.45, 2.75) is 58.2 Å². The van der Waals surface area contributed by atoms with Crippen LogP contribution in [0.15, 0.2) is 5.16 Å². The van der Waals surface area contributed by atoms with Crippen molar-refractivity contribution in [3.63, 3.8) is 0 Å². The topological polar surface area (TPSA) is 59.8 Å². The van der Waals surface area contributed by atoms with Crippen LogP contribution < -0.4 is 5.32 Å². The first-order valence-electron chi connectivity index (χ1n) is 7.31. The minimum atomic E-state index is 0.140. The Bertz CT molecular complexity index is 417. The van der Waals surface area contributed by atoms with Gasteiger partial charge in [-0.2, -0.15) is 0 Å². The number of aryl methyl sites for hydroxylation is 1. The van der Waals surface area contributed by atoms with Gasteiger partial charge in [0.15, 0.2) is 5.16 Å². The number of thioether (sulfide) groups is 1. The van der Waals surface area contributed by atoms with Gasteiger partial charge in [-0.05, 0) is 25.0 Å². The number of nitrogens with zero attached hydrogens (tertiary/aromatic N) is 3. The zero-order valence-corrected chi connectivity index (χ0v) is 13.8. The molecule has 0 spiro atoms. The number of rotatable bonds is 9. The van der Waals surface area contributed by atoms with E-state index >= 15 is 0 Å². The summed E-state index contributed by atoms with van der Waals surface area (Å²) in [5, 5.41) is 12.4. The van der Waals surface area contributed by atoms with E-state index < -0.39 is 0 Å². The van der Waals surface area contributed by atoms with Crippen LogP contribution in [0, 0.1) is 5.92 Å². The Kier molecular flexibility index (Phi) is 7.65. The Hall–Kier alpha value is -1.04. The first-order chi connectivity index (χ1) is 9.58. The summed E-state index contributed by atoms with van der Waals surface area (Å²) in [5.74, 6) is 1.73. The van der Waals surface area contributed by atoms with E-state index in [1.54, 1.807) is 11.8 Å². The van der Waals surface area contributed by atoms with Gasteiger partial charge in [-0.3, -0.25) is 4.79 Å². The van der Waals surface area contributed by atoms with Gasteiger partial charge in [0.1, 0.15) is 5.82 Å². The molecule has 6 heteroatoms. The Morgan fingerprint density at radius 2 is 2.15 bits per heavy atom. The number of nitrogens with one attached hydrogen (secondary N) is 1. The highest BCUT2D eigenvalue weighted by Gasteiger charge is 2.12. The van der Waals surface area contributed by atoms with Gasteiger partial charge in [0, 0.05) is 25.9 Å². The smallest absolute Gasteiger partial charge is 0.219 e. The summed E-state index contributed by atoms with van der Waals surface area (Å²) >= 11 is 1.63. The van der Waals surface area contributed by atoms with Crippen LogP contribution in [0.3, 0.4) is 0 Å². The number of hydrogen-bond acceptors (Lipinski definition) is 4. The Balaban J connectivity index is 2.47. The number of hydrogen-bond donors (Lipinski definition) is 1. The lowest BCUT2D eigenvalue weighted by Gasteiger charge is -2.11. The van der Waals surface area contributed by atoms with E-state index in [9.17, 15) is 4.79 Å². The number of carbonyl (C=O) groups is 1.